The predicted molar refractivity (Wildman–Crippen MR) is 194 cm³/mol. The highest BCUT2D eigenvalue weighted by Crippen LogP contribution is 2.40. The standard InChI is InChI=1S/C39H42N6O5S/c1-5-6-16-35-41-39(19-9-10-20-39)38(47)45(35)24-29-17-18-32(31(22-29)25-44(4)37(46)30-13-11-12-28(21-30)23-40)33-14-7-8-15-34(33)51(48,49)43-36-26(2)27(3)50-42-36/h7-8,11-15,17-18,21-22H,5-6,9-10,16,19-20,24-25H2,1-4H3,(H,42,43). The van der Waals surface area contributed by atoms with Crippen LogP contribution in [0.5, 0.6) is 0 Å². The number of nitrogens with zero attached hydrogens (tertiary/aromatic N) is 5. The number of amides is 2. The first-order valence-corrected chi connectivity index (χ1v) is 18.8. The lowest BCUT2D eigenvalue weighted by atomic mass is 9.95. The molecule has 2 amide bonds. The van der Waals surface area contributed by atoms with Crippen molar-refractivity contribution in [3.8, 4) is 17.2 Å². The van der Waals surface area contributed by atoms with Crippen LogP contribution in [-0.4, -0.2) is 53.6 Å². The topological polar surface area (TPSA) is 149 Å². The molecule has 1 aliphatic heterocycles. The van der Waals surface area contributed by atoms with E-state index in [1.807, 2.05) is 23.1 Å². The number of nitriles is 1. The number of carbonyl (C=O) groups is 2. The summed E-state index contributed by atoms with van der Waals surface area (Å²) in [6.45, 7) is 5.98. The van der Waals surface area contributed by atoms with E-state index in [0.29, 0.717) is 45.7 Å². The molecule has 3 aromatic carbocycles. The first-order chi connectivity index (χ1) is 24.5. The van der Waals surface area contributed by atoms with Crippen LogP contribution >= 0.6 is 0 Å². The van der Waals surface area contributed by atoms with Crippen molar-refractivity contribution in [2.75, 3.05) is 11.8 Å². The molecule has 2 heterocycles. The summed E-state index contributed by atoms with van der Waals surface area (Å²) in [7, 11) is -2.46. The van der Waals surface area contributed by atoms with E-state index in [1.54, 1.807) is 68.3 Å². The fourth-order valence-electron chi connectivity index (χ4n) is 6.91. The van der Waals surface area contributed by atoms with Crippen LogP contribution in [0.2, 0.25) is 0 Å². The molecule has 4 aromatic rings. The van der Waals surface area contributed by atoms with E-state index in [-0.39, 0.29) is 29.1 Å². The number of aromatic nitrogens is 1. The van der Waals surface area contributed by atoms with Crippen LogP contribution in [0.4, 0.5) is 5.82 Å². The molecule has 0 atom stereocenters. The van der Waals surface area contributed by atoms with E-state index in [2.05, 4.69) is 22.9 Å². The molecule has 0 bridgehead atoms. The monoisotopic (exact) mass is 706 g/mol. The number of carbonyl (C=O) groups excluding carboxylic acids is 2. The van der Waals surface area contributed by atoms with Crippen LogP contribution in [0.3, 0.4) is 0 Å². The molecule has 51 heavy (non-hydrogen) atoms. The van der Waals surface area contributed by atoms with Gasteiger partial charge in [-0.3, -0.25) is 24.2 Å². The van der Waals surface area contributed by atoms with Crippen molar-refractivity contribution in [2.24, 2.45) is 4.99 Å². The molecule has 11 nitrogen and oxygen atoms in total. The van der Waals surface area contributed by atoms with Crippen molar-refractivity contribution >= 4 is 33.5 Å². The lowest BCUT2D eigenvalue weighted by molar-refractivity contribution is -0.131. The molecule has 264 valence electrons. The third kappa shape index (κ3) is 7.17. The summed E-state index contributed by atoms with van der Waals surface area (Å²) in [5, 5.41) is 13.3. The third-order valence-electron chi connectivity index (χ3n) is 9.84. The molecule has 1 N–H and O–H groups in total. The Kier molecular flexibility index (Phi) is 10.1. The Bertz CT molecular complexity index is 2160. The summed E-state index contributed by atoms with van der Waals surface area (Å²) < 4.78 is 35.5. The second-order valence-electron chi connectivity index (χ2n) is 13.4. The summed E-state index contributed by atoms with van der Waals surface area (Å²) in [6, 6.07) is 21.0. The molecule has 6 rings (SSSR count). The number of sulfonamides is 1. The highest BCUT2D eigenvalue weighted by molar-refractivity contribution is 7.92. The number of hydrogen-bond donors (Lipinski definition) is 1. The van der Waals surface area contributed by atoms with Crippen LogP contribution in [0, 0.1) is 25.2 Å². The van der Waals surface area contributed by atoms with Gasteiger partial charge in [-0.1, -0.05) is 73.8 Å². The highest BCUT2D eigenvalue weighted by Gasteiger charge is 2.49. The SMILES string of the molecule is CCCCC1=NC2(CCCC2)C(=O)N1Cc1ccc(-c2ccccc2S(=O)(=O)Nc2noc(C)c2C)c(CN(C)C(=O)c2cccc(C#N)c2)c1. The molecule has 1 saturated carbocycles. The van der Waals surface area contributed by atoms with Gasteiger partial charge in [0.15, 0.2) is 5.82 Å². The number of rotatable bonds is 12. The van der Waals surface area contributed by atoms with Crippen molar-refractivity contribution in [2.45, 2.75) is 89.2 Å². The first kappa shape index (κ1) is 35.5. The average Bonchev–Trinajstić information content (AvgIpc) is 3.81. The quantitative estimate of drug-likeness (QED) is 0.165. The number of unbranched alkanes of at least 4 members (excludes halogenated alkanes) is 1. The predicted octanol–water partition coefficient (Wildman–Crippen LogP) is 7.15. The fourth-order valence-corrected chi connectivity index (χ4v) is 8.19. The molecule has 0 unspecified atom stereocenters. The van der Waals surface area contributed by atoms with E-state index in [1.165, 1.54) is 6.07 Å². The van der Waals surface area contributed by atoms with Crippen molar-refractivity contribution in [3.63, 3.8) is 0 Å². The Balaban J connectivity index is 1.40. The Morgan fingerprint density at radius 2 is 1.82 bits per heavy atom. The van der Waals surface area contributed by atoms with Crippen molar-refractivity contribution in [1.82, 2.24) is 15.0 Å². The largest absolute Gasteiger partial charge is 0.359 e. The number of nitrogens with one attached hydrogen (secondary N) is 1. The fraction of sp³-hybridized carbons (Fsp3) is 0.359. The number of amidine groups is 1. The number of aryl methyl sites for hydroxylation is 1. The van der Waals surface area contributed by atoms with Crippen LogP contribution < -0.4 is 4.72 Å². The van der Waals surface area contributed by atoms with E-state index in [9.17, 15) is 23.3 Å². The van der Waals surface area contributed by atoms with Gasteiger partial charge in [-0.2, -0.15) is 5.26 Å². The van der Waals surface area contributed by atoms with Gasteiger partial charge in [0.25, 0.3) is 21.8 Å². The van der Waals surface area contributed by atoms with Crippen LogP contribution in [0.1, 0.15) is 90.2 Å². The summed E-state index contributed by atoms with van der Waals surface area (Å²) in [4.78, 5) is 36.0. The number of benzene rings is 3. The molecule has 1 aliphatic carbocycles. The number of hydrogen-bond acceptors (Lipinski definition) is 8. The van der Waals surface area contributed by atoms with Gasteiger partial charge in [-0.05, 0) is 74.1 Å². The maximum Gasteiger partial charge on any atom is 0.263 e. The summed E-state index contributed by atoms with van der Waals surface area (Å²) in [5.74, 6) is 1.18. The van der Waals surface area contributed by atoms with Gasteiger partial charge < -0.3 is 9.42 Å². The van der Waals surface area contributed by atoms with Crippen molar-refractivity contribution in [1.29, 1.82) is 5.26 Å². The molecular weight excluding hydrogens is 665 g/mol. The first-order valence-electron chi connectivity index (χ1n) is 17.3. The van der Waals surface area contributed by atoms with Gasteiger partial charge in [-0.25, -0.2) is 8.42 Å². The second kappa shape index (κ2) is 14.5. The Morgan fingerprint density at radius 3 is 2.53 bits per heavy atom. The zero-order chi connectivity index (χ0) is 36.3. The van der Waals surface area contributed by atoms with Gasteiger partial charge >= 0.3 is 0 Å². The highest BCUT2D eigenvalue weighted by atomic mass is 32.2. The summed E-state index contributed by atoms with van der Waals surface area (Å²) in [6.07, 6.45) is 6.11. The van der Waals surface area contributed by atoms with Gasteiger partial charge in [0.2, 0.25) is 0 Å². The minimum Gasteiger partial charge on any atom is -0.359 e. The maximum absolute atomic E-state index is 13.9. The lowest BCUT2D eigenvalue weighted by Gasteiger charge is -2.24. The number of aliphatic imine (C=N–C) groups is 1. The van der Waals surface area contributed by atoms with Gasteiger partial charge in [-0.15, -0.1) is 0 Å². The number of anilines is 1. The van der Waals surface area contributed by atoms with E-state index >= 15 is 0 Å². The third-order valence-corrected chi connectivity index (χ3v) is 11.2. The van der Waals surface area contributed by atoms with Crippen molar-refractivity contribution in [3.05, 3.63) is 100 Å². The van der Waals surface area contributed by atoms with Gasteiger partial charge in [0.05, 0.1) is 23.1 Å². The zero-order valence-corrected chi connectivity index (χ0v) is 30.2. The molecular formula is C39H42N6O5S. The van der Waals surface area contributed by atoms with Crippen LogP contribution in [0.25, 0.3) is 11.1 Å². The molecule has 1 aromatic heterocycles. The van der Waals surface area contributed by atoms with Crippen LogP contribution in [0.15, 0.2) is 81.1 Å². The summed E-state index contributed by atoms with van der Waals surface area (Å²) in [5.41, 5.74) is 3.21. The second-order valence-corrected chi connectivity index (χ2v) is 15.1. The van der Waals surface area contributed by atoms with E-state index in [0.717, 1.165) is 56.3 Å². The molecule has 1 spiro atoms. The van der Waals surface area contributed by atoms with E-state index in [4.69, 9.17) is 9.52 Å². The Labute approximate surface area is 299 Å². The smallest absolute Gasteiger partial charge is 0.263 e. The van der Waals surface area contributed by atoms with Gasteiger partial charge in [0, 0.05) is 36.7 Å². The molecule has 1 fully saturated rings. The molecule has 0 radical (unpaired) electrons. The van der Waals surface area contributed by atoms with E-state index < -0.39 is 15.6 Å². The molecule has 12 heteroatoms. The Morgan fingerprint density at radius 1 is 1.06 bits per heavy atom. The van der Waals surface area contributed by atoms with Gasteiger partial charge in [0.1, 0.15) is 17.1 Å². The normalized spacial score (nSPS) is 15.2. The molecule has 2 aliphatic rings. The van der Waals surface area contributed by atoms with Crippen LogP contribution in [-0.2, 0) is 27.9 Å². The lowest BCUT2D eigenvalue weighted by Crippen LogP contribution is -2.40. The minimum absolute atomic E-state index is 0.0293. The molecule has 0 saturated heterocycles. The minimum atomic E-state index is -4.13. The average molecular weight is 707 g/mol. The Hall–Kier alpha value is -5.28. The van der Waals surface area contributed by atoms with Crippen molar-refractivity contribution < 1.29 is 22.5 Å². The maximum atomic E-state index is 13.9. The zero-order valence-electron chi connectivity index (χ0n) is 29.4. The summed E-state index contributed by atoms with van der Waals surface area (Å²) >= 11 is 0.